The monoisotopic (exact) mass is 494 g/mol. The van der Waals surface area contributed by atoms with Crippen molar-refractivity contribution in [2.24, 2.45) is 0 Å². The van der Waals surface area contributed by atoms with Gasteiger partial charge in [-0.25, -0.2) is 0 Å². The van der Waals surface area contributed by atoms with Crippen molar-refractivity contribution in [1.82, 2.24) is 14.8 Å². The molecule has 34 heavy (non-hydrogen) atoms. The zero-order chi connectivity index (χ0) is 23.5. The fraction of sp³-hybridized carbons (Fsp3) is 0.208. The Labute approximate surface area is 204 Å². The van der Waals surface area contributed by atoms with Crippen LogP contribution in [0.1, 0.15) is 6.92 Å². The second-order valence-electron chi connectivity index (χ2n) is 7.40. The van der Waals surface area contributed by atoms with Crippen LogP contribution in [0, 0.1) is 0 Å². The van der Waals surface area contributed by atoms with Gasteiger partial charge < -0.3 is 19.5 Å². The van der Waals surface area contributed by atoms with Crippen molar-refractivity contribution in [2.45, 2.75) is 17.3 Å². The lowest BCUT2D eigenvalue weighted by molar-refractivity contribution is -0.115. The maximum absolute atomic E-state index is 13.0. The Hall–Kier alpha value is -3.50. The van der Waals surface area contributed by atoms with E-state index in [1.54, 1.807) is 36.6 Å². The zero-order valence-electron chi connectivity index (χ0n) is 18.6. The smallest absolute Gasteiger partial charge is 0.237 e. The van der Waals surface area contributed by atoms with Crippen LogP contribution in [-0.4, -0.2) is 46.2 Å². The molecule has 1 aliphatic heterocycles. The Bertz CT molecular complexity index is 1310. The SMILES string of the molecule is COc1ccccc1-n1c(S[C@@H](C)C(=O)Nc2ccc3c(c2)OCCO3)nnc1-c1cccs1. The van der Waals surface area contributed by atoms with Gasteiger partial charge in [0.25, 0.3) is 0 Å². The molecule has 0 unspecified atom stereocenters. The third-order valence-electron chi connectivity index (χ3n) is 5.16. The third-order valence-corrected chi connectivity index (χ3v) is 7.07. The van der Waals surface area contributed by atoms with Crippen molar-refractivity contribution < 1.29 is 19.0 Å². The molecule has 0 radical (unpaired) electrons. The average Bonchev–Trinajstić information content (AvgIpc) is 3.54. The molecule has 5 rings (SSSR count). The normalized spacial score (nSPS) is 13.4. The molecular formula is C24H22N4O4S2. The third kappa shape index (κ3) is 4.46. The standard InChI is InChI=1S/C24H22N4O4S2/c1-15(23(29)25-16-9-10-19-20(14-16)32-12-11-31-19)34-24-27-26-22(21-8-5-13-33-21)28(24)17-6-3-4-7-18(17)30-2/h3-10,13-15H,11-12H2,1-2H3,(H,25,29)/t15-/m0/s1. The molecule has 0 saturated carbocycles. The molecule has 3 heterocycles. The first kappa shape index (κ1) is 22.3. The number of methoxy groups -OCH3 is 1. The number of nitrogens with one attached hydrogen (secondary N) is 1. The van der Waals surface area contributed by atoms with E-state index in [-0.39, 0.29) is 5.91 Å². The highest BCUT2D eigenvalue weighted by molar-refractivity contribution is 8.00. The Morgan fingerprint density at radius 3 is 2.74 bits per heavy atom. The molecule has 0 fully saturated rings. The first-order valence-corrected chi connectivity index (χ1v) is 12.4. The summed E-state index contributed by atoms with van der Waals surface area (Å²) >= 11 is 2.90. The number of rotatable bonds is 7. The minimum absolute atomic E-state index is 0.158. The number of carbonyl (C=O) groups is 1. The van der Waals surface area contributed by atoms with Gasteiger partial charge in [-0.1, -0.05) is 30.0 Å². The molecule has 0 saturated heterocycles. The molecule has 8 nitrogen and oxygen atoms in total. The van der Waals surface area contributed by atoms with Gasteiger partial charge in [0.2, 0.25) is 5.91 Å². The molecule has 0 spiro atoms. The van der Waals surface area contributed by atoms with Gasteiger partial charge in [-0.3, -0.25) is 9.36 Å². The van der Waals surface area contributed by atoms with Crippen LogP contribution in [-0.2, 0) is 4.79 Å². The Balaban J connectivity index is 1.41. The first-order valence-electron chi connectivity index (χ1n) is 10.6. The molecule has 0 bridgehead atoms. The predicted molar refractivity (Wildman–Crippen MR) is 133 cm³/mol. The minimum atomic E-state index is -0.443. The second-order valence-corrected chi connectivity index (χ2v) is 9.65. The van der Waals surface area contributed by atoms with E-state index in [0.29, 0.717) is 47.1 Å². The number of thiophene rings is 1. The molecule has 1 atom stereocenters. The van der Waals surface area contributed by atoms with E-state index in [2.05, 4.69) is 15.5 Å². The average molecular weight is 495 g/mol. The molecule has 10 heteroatoms. The van der Waals surface area contributed by atoms with Gasteiger partial charge in [0.15, 0.2) is 22.5 Å². The topological polar surface area (TPSA) is 87.5 Å². The summed E-state index contributed by atoms with van der Waals surface area (Å²) in [6, 6.07) is 17.0. The van der Waals surface area contributed by atoms with E-state index in [4.69, 9.17) is 14.2 Å². The van der Waals surface area contributed by atoms with Gasteiger partial charge in [-0.2, -0.15) is 0 Å². The van der Waals surface area contributed by atoms with Crippen molar-refractivity contribution in [3.8, 4) is 33.6 Å². The lowest BCUT2D eigenvalue weighted by Crippen LogP contribution is -2.23. The van der Waals surface area contributed by atoms with E-state index in [0.717, 1.165) is 10.6 Å². The van der Waals surface area contributed by atoms with Crippen molar-refractivity contribution in [2.75, 3.05) is 25.6 Å². The van der Waals surface area contributed by atoms with Crippen LogP contribution >= 0.6 is 23.1 Å². The molecule has 0 aliphatic carbocycles. The summed E-state index contributed by atoms with van der Waals surface area (Å²) in [6.07, 6.45) is 0. The zero-order valence-corrected chi connectivity index (χ0v) is 20.2. The number of anilines is 1. The highest BCUT2D eigenvalue weighted by atomic mass is 32.2. The van der Waals surface area contributed by atoms with Gasteiger partial charge in [-0.15, -0.1) is 21.5 Å². The van der Waals surface area contributed by atoms with E-state index >= 15 is 0 Å². The number of hydrogen-bond donors (Lipinski definition) is 1. The lowest BCUT2D eigenvalue weighted by atomic mass is 10.2. The summed E-state index contributed by atoms with van der Waals surface area (Å²) in [5.74, 6) is 2.53. The summed E-state index contributed by atoms with van der Waals surface area (Å²) in [6.45, 7) is 2.85. The number of carbonyl (C=O) groups excluding carboxylic acids is 1. The fourth-order valence-corrected chi connectivity index (χ4v) is 5.08. The predicted octanol–water partition coefficient (Wildman–Crippen LogP) is 4.89. The molecule has 1 amide bonds. The van der Waals surface area contributed by atoms with E-state index in [1.807, 2.05) is 53.3 Å². The van der Waals surface area contributed by atoms with Gasteiger partial charge in [-0.05, 0) is 42.6 Å². The number of thioether (sulfide) groups is 1. The van der Waals surface area contributed by atoms with E-state index in [9.17, 15) is 4.79 Å². The largest absolute Gasteiger partial charge is 0.495 e. The lowest BCUT2D eigenvalue weighted by Gasteiger charge is -2.19. The maximum atomic E-state index is 13.0. The highest BCUT2D eigenvalue weighted by Gasteiger charge is 2.24. The van der Waals surface area contributed by atoms with Crippen LogP contribution in [0.25, 0.3) is 16.4 Å². The van der Waals surface area contributed by atoms with Crippen LogP contribution in [0.3, 0.4) is 0 Å². The maximum Gasteiger partial charge on any atom is 0.237 e. The summed E-state index contributed by atoms with van der Waals surface area (Å²) in [7, 11) is 1.63. The number of fused-ring (bicyclic) bond motifs is 1. The molecule has 1 N–H and O–H groups in total. The van der Waals surface area contributed by atoms with Gasteiger partial charge in [0.1, 0.15) is 19.0 Å². The summed E-state index contributed by atoms with van der Waals surface area (Å²) in [5.41, 5.74) is 1.45. The Kier molecular flexibility index (Phi) is 6.41. The van der Waals surface area contributed by atoms with E-state index in [1.165, 1.54) is 11.8 Å². The Morgan fingerprint density at radius 2 is 1.94 bits per heavy atom. The number of hydrogen-bond acceptors (Lipinski definition) is 8. The number of aromatic nitrogens is 3. The number of amides is 1. The molecule has 2 aromatic carbocycles. The summed E-state index contributed by atoms with van der Waals surface area (Å²) < 4.78 is 18.7. The van der Waals surface area contributed by atoms with Crippen molar-refractivity contribution >= 4 is 34.7 Å². The fourth-order valence-electron chi connectivity index (χ4n) is 3.52. The van der Waals surface area contributed by atoms with Gasteiger partial charge in [0.05, 0.1) is 22.9 Å². The highest BCUT2D eigenvalue weighted by Crippen LogP contribution is 2.36. The molecule has 2 aromatic heterocycles. The van der Waals surface area contributed by atoms with Gasteiger partial charge in [0, 0.05) is 11.8 Å². The molecule has 174 valence electrons. The van der Waals surface area contributed by atoms with Crippen molar-refractivity contribution in [1.29, 1.82) is 0 Å². The van der Waals surface area contributed by atoms with Gasteiger partial charge >= 0.3 is 0 Å². The quantitative estimate of drug-likeness (QED) is 0.366. The van der Waals surface area contributed by atoms with Crippen LogP contribution in [0.4, 0.5) is 5.69 Å². The van der Waals surface area contributed by atoms with Crippen LogP contribution < -0.4 is 19.5 Å². The first-order chi connectivity index (χ1) is 16.6. The van der Waals surface area contributed by atoms with Crippen molar-refractivity contribution in [3.63, 3.8) is 0 Å². The molecule has 4 aromatic rings. The van der Waals surface area contributed by atoms with E-state index < -0.39 is 5.25 Å². The minimum Gasteiger partial charge on any atom is -0.495 e. The number of para-hydroxylation sites is 2. The Morgan fingerprint density at radius 1 is 1.12 bits per heavy atom. The number of benzene rings is 2. The van der Waals surface area contributed by atoms with Crippen LogP contribution in [0.5, 0.6) is 17.2 Å². The number of ether oxygens (including phenoxy) is 3. The van der Waals surface area contributed by atoms with Crippen LogP contribution in [0.15, 0.2) is 65.1 Å². The molecular weight excluding hydrogens is 472 g/mol. The summed E-state index contributed by atoms with van der Waals surface area (Å²) in [5, 5.41) is 14.0. The van der Waals surface area contributed by atoms with Crippen LogP contribution in [0.2, 0.25) is 0 Å². The number of nitrogens with zero attached hydrogens (tertiary/aromatic N) is 3. The second kappa shape index (κ2) is 9.78. The molecule has 1 aliphatic rings. The summed E-state index contributed by atoms with van der Waals surface area (Å²) in [4.78, 5) is 14.0. The van der Waals surface area contributed by atoms with Crippen molar-refractivity contribution in [3.05, 3.63) is 60.0 Å².